The van der Waals surface area contributed by atoms with E-state index in [-0.39, 0.29) is 18.6 Å². The molecule has 1 fully saturated rings. The van der Waals surface area contributed by atoms with Crippen LogP contribution >= 0.6 is 11.3 Å². The van der Waals surface area contributed by atoms with E-state index in [2.05, 4.69) is 6.07 Å². The molecule has 1 aliphatic heterocycles. The van der Waals surface area contributed by atoms with Gasteiger partial charge in [-0.25, -0.2) is 0 Å². The summed E-state index contributed by atoms with van der Waals surface area (Å²) in [6.07, 6.45) is 2.19. The highest BCUT2D eigenvalue weighted by Crippen LogP contribution is 2.29. The molecule has 1 amide bonds. The summed E-state index contributed by atoms with van der Waals surface area (Å²) in [5.74, 6) is 0.706. The third-order valence-electron chi connectivity index (χ3n) is 5.05. The van der Waals surface area contributed by atoms with Crippen LogP contribution in [0.4, 0.5) is 0 Å². The van der Waals surface area contributed by atoms with E-state index in [1.807, 2.05) is 70.9 Å². The van der Waals surface area contributed by atoms with Crippen LogP contribution in [0.15, 0.2) is 72.1 Å². The Hall–Kier alpha value is -2.63. The van der Waals surface area contributed by atoms with E-state index in [1.54, 1.807) is 11.3 Å². The molecular formula is C24H25NO3S. The fourth-order valence-electron chi connectivity index (χ4n) is 3.56. The second-order valence-corrected chi connectivity index (χ2v) is 8.17. The maximum absolute atomic E-state index is 13.0. The Bertz CT molecular complexity index is 905. The predicted octanol–water partition coefficient (Wildman–Crippen LogP) is 5.00. The van der Waals surface area contributed by atoms with Crippen molar-refractivity contribution in [1.29, 1.82) is 0 Å². The molecule has 4 nitrogen and oxygen atoms in total. The third-order valence-corrected chi connectivity index (χ3v) is 5.91. The van der Waals surface area contributed by atoms with Gasteiger partial charge in [0.05, 0.1) is 12.6 Å². The number of ether oxygens (including phenoxy) is 2. The second kappa shape index (κ2) is 9.72. The number of rotatable bonds is 8. The molecule has 0 saturated carbocycles. The molecule has 1 aromatic heterocycles. The number of benzene rings is 2. The van der Waals surface area contributed by atoms with Crippen molar-refractivity contribution in [2.24, 2.45) is 0 Å². The first-order chi connectivity index (χ1) is 14.3. The van der Waals surface area contributed by atoms with Crippen LogP contribution in [0.3, 0.4) is 0 Å². The minimum absolute atomic E-state index is 0.0158. The van der Waals surface area contributed by atoms with E-state index in [0.717, 1.165) is 36.3 Å². The molecule has 0 N–H and O–H groups in total. The van der Waals surface area contributed by atoms with Crippen LogP contribution in [0.25, 0.3) is 11.1 Å². The van der Waals surface area contributed by atoms with Gasteiger partial charge in [-0.3, -0.25) is 4.79 Å². The molecule has 2 heterocycles. The normalized spacial score (nSPS) is 15.9. The summed E-state index contributed by atoms with van der Waals surface area (Å²) in [7, 11) is 0. The molecule has 1 saturated heterocycles. The zero-order chi connectivity index (χ0) is 19.9. The highest BCUT2D eigenvalue weighted by atomic mass is 32.1. The number of para-hydroxylation sites is 1. The molecule has 0 aliphatic carbocycles. The van der Waals surface area contributed by atoms with Gasteiger partial charge in [-0.15, -0.1) is 11.3 Å². The van der Waals surface area contributed by atoms with E-state index >= 15 is 0 Å². The Labute approximate surface area is 175 Å². The second-order valence-electron chi connectivity index (χ2n) is 7.14. The minimum Gasteiger partial charge on any atom is -0.483 e. The van der Waals surface area contributed by atoms with Gasteiger partial charge < -0.3 is 14.4 Å². The number of carbonyl (C=O) groups excluding carboxylic acids is 1. The summed E-state index contributed by atoms with van der Waals surface area (Å²) in [5, 5.41) is 2.04. The summed E-state index contributed by atoms with van der Waals surface area (Å²) >= 11 is 1.67. The summed E-state index contributed by atoms with van der Waals surface area (Å²) < 4.78 is 11.8. The minimum atomic E-state index is -0.0169. The first kappa shape index (κ1) is 19.7. The van der Waals surface area contributed by atoms with Crippen molar-refractivity contribution in [1.82, 2.24) is 4.90 Å². The fraction of sp³-hybridized carbons (Fsp3) is 0.292. The van der Waals surface area contributed by atoms with Crippen LogP contribution in [0.1, 0.15) is 17.7 Å². The van der Waals surface area contributed by atoms with Crippen LogP contribution in [-0.2, 0) is 16.1 Å². The van der Waals surface area contributed by atoms with Crippen molar-refractivity contribution >= 4 is 17.2 Å². The number of hydrogen-bond donors (Lipinski definition) is 0. The molecule has 0 spiro atoms. The summed E-state index contributed by atoms with van der Waals surface area (Å²) in [6, 6.07) is 22.0. The first-order valence-corrected chi connectivity index (χ1v) is 10.9. The van der Waals surface area contributed by atoms with Crippen LogP contribution in [-0.4, -0.2) is 36.7 Å². The van der Waals surface area contributed by atoms with Crippen LogP contribution in [0, 0.1) is 0 Å². The third kappa shape index (κ3) is 5.25. The Kier molecular flexibility index (Phi) is 6.60. The first-order valence-electron chi connectivity index (χ1n) is 9.98. The van der Waals surface area contributed by atoms with Gasteiger partial charge in [0.2, 0.25) is 0 Å². The van der Waals surface area contributed by atoms with Gasteiger partial charge in [-0.1, -0.05) is 54.6 Å². The average Bonchev–Trinajstić information content (AvgIpc) is 3.47. The Morgan fingerprint density at radius 1 is 1.07 bits per heavy atom. The van der Waals surface area contributed by atoms with Crippen molar-refractivity contribution in [3.8, 4) is 16.9 Å². The summed E-state index contributed by atoms with van der Waals surface area (Å²) in [6.45, 7) is 2.01. The molecule has 0 bridgehead atoms. The van der Waals surface area contributed by atoms with Crippen molar-refractivity contribution in [2.45, 2.75) is 25.5 Å². The molecule has 5 heteroatoms. The lowest BCUT2D eigenvalue weighted by Gasteiger charge is -2.25. The Balaban J connectivity index is 1.45. The number of carbonyl (C=O) groups is 1. The molecular weight excluding hydrogens is 382 g/mol. The fourth-order valence-corrected chi connectivity index (χ4v) is 4.28. The molecule has 3 aromatic rings. The van der Waals surface area contributed by atoms with Gasteiger partial charge in [0.15, 0.2) is 6.61 Å². The molecule has 29 heavy (non-hydrogen) atoms. The van der Waals surface area contributed by atoms with E-state index < -0.39 is 0 Å². The average molecular weight is 408 g/mol. The smallest absolute Gasteiger partial charge is 0.260 e. The number of thiophene rings is 1. The SMILES string of the molecule is O=C(COc1ccccc1-c1ccccc1)N(Cc1cccs1)C[C@@H]1CCCO1. The molecule has 2 aromatic carbocycles. The van der Waals surface area contributed by atoms with Crippen LogP contribution in [0.5, 0.6) is 5.75 Å². The quantitative estimate of drug-likeness (QED) is 0.527. The van der Waals surface area contributed by atoms with Gasteiger partial charge >= 0.3 is 0 Å². The lowest BCUT2D eigenvalue weighted by molar-refractivity contribution is -0.135. The molecule has 4 rings (SSSR count). The molecule has 150 valence electrons. The van der Waals surface area contributed by atoms with E-state index in [4.69, 9.17) is 9.47 Å². The van der Waals surface area contributed by atoms with E-state index in [9.17, 15) is 4.79 Å². The van der Waals surface area contributed by atoms with Gasteiger partial charge in [0.25, 0.3) is 5.91 Å². The topological polar surface area (TPSA) is 38.8 Å². The standard InChI is InChI=1S/C24H25NO3S/c26-24(25(16-20-10-6-14-27-20)17-21-11-7-15-29-21)18-28-23-13-5-4-12-22(23)19-8-2-1-3-9-19/h1-5,7-9,11-13,15,20H,6,10,14,16-18H2/t20-/m0/s1. The highest BCUT2D eigenvalue weighted by Gasteiger charge is 2.23. The monoisotopic (exact) mass is 407 g/mol. The highest BCUT2D eigenvalue weighted by molar-refractivity contribution is 7.09. The molecule has 1 atom stereocenters. The summed E-state index contributed by atoms with van der Waals surface area (Å²) in [5.41, 5.74) is 2.06. The van der Waals surface area contributed by atoms with Gasteiger partial charge in [0, 0.05) is 23.6 Å². The van der Waals surface area contributed by atoms with Gasteiger partial charge in [-0.05, 0) is 35.9 Å². The Morgan fingerprint density at radius 3 is 2.66 bits per heavy atom. The van der Waals surface area contributed by atoms with E-state index in [0.29, 0.717) is 13.1 Å². The van der Waals surface area contributed by atoms with Gasteiger partial charge in [0.1, 0.15) is 5.75 Å². The maximum atomic E-state index is 13.0. The predicted molar refractivity (Wildman–Crippen MR) is 116 cm³/mol. The summed E-state index contributed by atoms with van der Waals surface area (Å²) in [4.78, 5) is 16.1. The van der Waals surface area contributed by atoms with Crippen molar-refractivity contribution in [3.05, 3.63) is 77.0 Å². The van der Waals surface area contributed by atoms with Crippen molar-refractivity contribution in [3.63, 3.8) is 0 Å². The lowest BCUT2D eigenvalue weighted by Crippen LogP contribution is -2.39. The number of hydrogen-bond acceptors (Lipinski definition) is 4. The number of nitrogens with zero attached hydrogens (tertiary/aromatic N) is 1. The number of amides is 1. The molecule has 0 radical (unpaired) electrons. The largest absolute Gasteiger partial charge is 0.483 e. The molecule has 0 unspecified atom stereocenters. The molecule has 1 aliphatic rings. The van der Waals surface area contributed by atoms with Crippen molar-refractivity contribution in [2.75, 3.05) is 19.8 Å². The maximum Gasteiger partial charge on any atom is 0.260 e. The van der Waals surface area contributed by atoms with Crippen LogP contribution < -0.4 is 4.74 Å². The Morgan fingerprint density at radius 2 is 1.90 bits per heavy atom. The zero-order valence-corrected chi connectivity index (χ0v) is 17.1. The lowest BCUT2D eigenvalue weighted by atomic mass is 10.1. The van der Waals surface area contributed by atoms with Crippen molar-refractivity contribution < 1.29 is 14.3 Å². The van der Waals surface area contributed by atoms with E-state index in [1.165, 1.54) is 4.88 Å². The zero-order valence-electron chi connectivity index (χ0n) is 16.3. The van der Waals surface area contributed by atoms with Gasteiger partial charge in [-0.2, -0.15) is 0 Å². The van der Waals surface area contributed by atoms with Crippen LogP contribution in [0.2, 0.25) is 0 Å².